The molecule has 0 aliphatic carbocycles. The normalized spacial score (nSPS) is 19.6. The largest absolute Gasteiger partial charge is 0.492 e. The Bertz CT molecular complexity index is 1010. The summed E-state index contributed by atoms with van der Waals surface area (Å²) in [5.41, 5.74) is -0.299. The van der Waals surface area contributed by atoms with Crippen molar-refractivity contribution in [3.8, 4) is 0 Å². The Morgan fingerprint density at radius 1 is 1.12 bits per heavy atom. The van der Waals surface area contributed by atoms with Crippen molar-refractivity contribution < 1.29 is 50.3 Å². The van der Waals surface area contributed by atoms with Crippen molar-refractivity contribution in [1.82, 2.24) is 5.06 Å². The van der Waals surface area contributed by atoms with Gasteiger partial charge in [-0.2, -0.15) is 13.2 Å². The lowest BCUT2D eigenvalue weighted by Crippen LogP contribution is -2.37. The summed E-state index contributed by atoms with van der Waals surface area (Å²) in [5, 5.41) is -0.345. The highest BCUT2D eigenvalue weighted by molar-refractivity contribution is 7.92. The Labute approximate surface area is 182 Å². The lowest BCUT2D eigenvalue weighted by atomic mass is 9.93. The number of carbonyl (C=O) groups excluding carboxylic acids is 3. The number of benzene rings is 1. The van der Waals surface area contributed by atoms with Crippen LogP contribution in [0.2, 0.25) is 0 Å². The zero-order valence-electron chi connectivity index (χ0n) is 17.6. The number of carbonyl (C=O) groups is 3. The summed E-state index contributed by atoms with van der Waals surface area (Å²) in [5.74, 6) is -5.40. The minimum absolute atomic E-state index is 0.0912. The molecule has 0 radical (unpaired) electrons. The summed E-state index contributed by atoms with van der Waals surface area (Å²) < 4.78 is 73.6. The molecule has 2 unspecified atom stereocenters. The standard InChI is InChI=1S/C19H22F3NO8S/c1-10(2)32(27,28)14-6-5-11(16(24)29-3)9-13(14)15-12(17(25)30-4)7-8-23(15)31-18(26)19(20,21)22/h5-6,9-10,12,15H,7-8H2,1-4H3. The molecule has 0 saturated carbocycles. The molecular weight excluding hydrogens is 459 g/mol. The summed E-state index contributed by atoms with van der Waals surface area (Å²) in [6, 6.07) is 1.93. The fourth-order valence-electron chi connectivity index (χ4n) is 3.33. The molecular formula is C19H22F3NO8S. The highest BCUT2D eigenvalue weighted by Crippen LogP contribution is 2.42. The first-order chi connectivity index (χ1) is 14.7. The SMILES string of the molecule is COC(=O)c1ccc(S(=O)(=O)C(C)C)c(C2C(C(=O)OC)CCN2OC(=O)C(F)(F)F)c1. The molecule has 1 heterocycles. The third-order valence-electron chi connectivity index (χ3n) is 4.96. The van der Waals surface area contributed by atoms with Gasteiger partial charge in [0.15, 0.2) is 9.84 Å². The third kappa shape index (κ3) is 5.04. The van der Waals surface area contributed by atoms with Crippen LogP contribution in [0.25, 0.3) is 0 Å². The second-order valence-electron chi connectivity index (χ2n) is 7.22. The first-order valence-electron chi connectivity index (χ1n) is 9.35. The second-order valence-corrected chi connectivity index (χ2v) is 9.69. The molecule has 1 aromatic carbocycles. The van der Waals surface area contributed by atoms with Gasteiger partial charge in [-0.1, -0.05) is 0 Å². The number of hydrogen-bond donors (Lipinski definition) is 0. The van der Waals surface area contributed by atoms with Crippen LogP contribution in [0.15, 0.2) is 23.1 Å². The Morgan fingerprint density at radius 2 is 1.75 bits per heavy atom. The molecule has 2 atom stereocenters. The number of halogens is 3. The third-order valence-corrected chi connectivity index (χ3v) is 7.19. The molecule has 9 nitrogen and oxygen atoms in total. The monoisotopic (exact) mass is 481 g/mol. The van der Waals surface area contributed by atoms with Gasteiger partial charge in [0, 0.05) is 6.54 Å². The molecule has 0 spiro atoms. The van der Waals surface area contributed by atoms with E-state index in [0.717, 1.165) is 26.4 Å². The zero-order chi connectivity index (χ0) is 24.4. The second kappa shape index (κ2) is 9.45. The maximum atomic E-state index is 13.0. The van der Waals surface area contributed by atoms with Crippen molar-refractivity contribution in [2.75, 3.05) is 20.8 Å². The van der Waals surface area contributed by atoms with Crippen LogP contribution in [-0.4, -0.2) is 63.6 Å². The van der Waals surface area contributed by atoms with Crippen molar-refractivity contribution in [3.05, 3.63) is 29.3 Å². The van der Waals surface area contributed by atoms with Crippen molar-refractivity contribution >= 4 is 27.7 Å². The number of sulfone groups is 1. The number of ether oxygens (including phenoxy) is 2. The number of esters is 2. The van der Waals surface area contributed by atoms with E-state index in [1.165, 1.54) is 19.9 Å². The molecule has 1 aliphatic heterocycles. The molecule has 0 N–H and O–H groups in total. The molecule has 0 bridgehead atoms. The van der Waals surface area contributed by atoms with E-state index in [-0.39, 0.29) is 29.0 Å². The van der Waals surface area contributed by atoms with Crippen LogP contribution in [0, 0.1) is 5.92 Å². The van der Waals surface area contributed by atoms with Gasteiger partial charge in [0.05, 0.1) is 41.9 Å². The average Bonchev–Trinajstić information content (AvgIpc) is 3.14. The number of hydroxylamine groups is 2. The zero-order valence-corrected chi connectivity index (χ0v) is 18.5. The van der Waals surface area contributed by atoms with E-state index in [0.29, 0.717) is 5.06 Å². The molecule has 2 rings (SSSR count). The van der Waals surface area contributed by atoms with Gasteiger partial charge in [0.2, 0.25) is 0 Å². The van der Waals surface area contributed by atoms with Crippen molar-refractivity contribution in [2.45, 2.75) is 42.6 Å². The summed E-state index contributed by atoms with van der Waals surface area (Å²) in [4.78, 5) is 40.0. The minimum atomic E-state index is -5.32. The molecule has 0 amide bonds. The summed E-state index contributed by atoms with van der Waals surface area (Å²) in [6.07, 6.45) is -5.42. The van der Waals surface area contributed by atoms with E-state index in [1.54, 1.807) is 0 Å². The maximum Gasteiger partial charge on any atom is 0.492 e. The quantitative estimate of drug-likeness (QED) is 0.564. The van der Waals surface area contributed by atoms with Crippen LogP contribution in [0.4, 0.5) is 13.2 Å². The van der Waals surface area contributed by atoms with E-state index >= 15 is 0 Å². The van der Waals surface area contributed by atoms with Crippen LogP contribution in [-0.2, 0) is 33.7 Å². The fourth-order valence-corrected chi connectivity index (χ4v) is 4.61. The van der Waals surface area contributed by atoms with Gasteiger partial charge in [-0.25, -0.2) is 18.0 Å². The van der Waals surface area contributed by atoms with E-state index in [9.17, 15) is 36.0 Å². The first-order valence-corrected chi connectivity index (χ1v) is 10.9. The van der Waals surface area contributed by atoms with Gasteiger partial charge in [0.25, 0.3) is 0 Å². The van der Waals surface area contributed by atoms with Crippen molar-refractivity contribution in [2.24, 2.45) is 5.92 Å². The fraction of sp³-hybridized carbons (Fsp3) is 0.526. The van der Waals surface area contributed by atoms with Crippen LogP contribution in [0.5, 0.6) is 0 Å². The van der Waals surface area contributed by atoms with Crippen LogP contribution < -0.4 is 0 Å². The van der Waals surface area contributed by atoms with Crippen LogP contribution in [0.3, 0.4) is 0 Å². The van der Waals surface area contributed by atoms with Gasteiger partial charge in [0.1, 0.15) is 0 Å². The summed E-state index contributed by atoms with van der Waals surface area (Å²) >= 11 is 0. The number of rotatable bonds is 6. The Balaban J connectivity index is 2.73. The van der Waals surface area contributed by atoms with Crippen LogP contribution in [0.1, 0.15) is 42.2 Å². The summed E-state index contributed by atoms with van der Waals surface area (Å²) in [6.45, 7) is 2.47. The summed E-state index contributed by atoms with van der Waals surface area (Å²) in [7, 11) is -1.88. The molecule has 1 aliphatic rings. The molecule has 32 heavy (non-hydrogen) atoms. The highest BCUT2D eigenvalue weighted by Gasteiger charge is 2.49. The van der Waals surface area contributed by atoms with Gasteiger partial charge in [-0.05, 0) is 44.0 Å². The molecule has 1 fully saturated rings. The molecule has 13 heteroatoms. The highest BCUT2D eigenvalue weighted by atomic mass is 32.2. The Morgan fingerprint density at radius 3 is 2.25 bits per heavy atom. The molecule has 0 aromatic heterocycles. The minimum Gasteiger partial charge on any atom is -0.469 e. The topological polar surface area (TPSA) is 116 Å². The Kier molecular flexibility index (Phi) is 7.55. The Hall–Kier alpha value is -2.67. The van der Waals surface area contributed by atoms with Crippen molar-refractivity contribution in [1.29, 1.82) is 0 Å². The van der Waals surface area contributed by atoms with Gasteiger partial charge in [-0.3, -0.25) is 4.79 Å². The number of nitrogens with zero attached hydrogens (tertiary/aromatic N) is 1. The smallest absolute Gasteiger partial charge is 0.469 e. The predicted molar refractivity (Wildman–Crippen MR) is 102 cm³/mol. The number of hydrogen-bond acceptors (Lipinski definition) is 9. The number of methoxy groups -OCH3 is 2. The molecule has 178 valence electrons. The van der Waals surface area contributed by atoms with E-state index in [1.807, 2.05) is 0 Å². The molecule has 1 aromatic rings. The number of alkyl halides is 3. The van der Waals surface area contributed by atoms with E-state index in [4.69, 9.17) is 4.74 Å². The van der Waals surface area contributed by atoms with E-state index < -0.39 is 51.1 Å². The lowest BCUT2D eigenvalue weighted by molar-refractivity contribution is -0.243. The first kappa shape index (κ1) is 25.6. The van der Waals surface area contributed by atoms with Crippen LogP contribution >= 0.6 is 0 Å². The van der Waals surface area contributed by atoms with Crippen molar-refractivity contribution in [3.63, 3.8) is 0 Å². The average molecular weight is 481 g/mol. The predicted octanol–water partition coefficient (Wildman–Crippen LogP) is 2.21. The van der Waals surface area contributed by atoms with Gasteiger partial charge >= 0.3 is 24.1 Å². The maximum absolute atomic E-state index is 13.0. The van der Waals surface area contributed by atoms with E-state index in [2.05, 4.69) is 9.57 Å². The van der Waals surface area contributed by atoms with Gasteiger partial charge in [-0.15, -0.1) is 5.06 Å². The lowest BCUT2D eigenvalue weighted by Gasteiger charge is -2.28. The molecule has 1 saturated heterocycles. The van der Waals surface area contributed by atoms with Gasteiger partial charge < -0.3 is 14.3 Å².